The van der Waals surface area contributed by atoms with Crippen LogP contribution in [0.15, 0.2) is 18.2 Å². The predicted molar refractivity (Wildman–Crippen MR) is 107 cm³/mol. The van der Waals surface area contributed by atoms with Gasteiger partial charge >= 0.3 is 0 Å². The van der Waals surface area contributed by atoms with E-state index in [-0.39, 0.29) is 17.7 Å². The molecule has 1 fully saturated rings. The first kappa shape index (κ1) is 19.7. The van der Waals surface area contributed by atoms with Gasteiger partial charge in [-0.25, -0.2) is 0 Å². The maximum Gasteiger partial charge on any atom is 0.224 e. The molecule has 0 aromatic heterocycles. The van der Waals surface area contributed by atoms with Crippen molar-refractivity contribution in [3.63, 3.8) is 0 Å². The first-order chi connectivity index (χ1) is 13.1. The van der Waals surface area contributed by atoms with E-state index in [1.165, 1.54) is 19.3 Å². The van der Waals surface area contributed by atoms with Gasteiger partial charge in [0, 0.05) is 25.4 Å². The Kier molecular flexibility index (Phi) is 6.75. The van der Waals surface area contributed by atoms with E-state index in [0.717, 1.165) is 37.1 Å². The molecular formula is C22H32N2O3. The summed E-state index contributed by atoms with van der Waals surface area (Å²) < 4.78 is 5.99. The van der Waals surface area contributed by atoms with Gasteiger partial charge in [0.1, 0.15) is 5.75 Å². The Labute approximate surface area is 162 Å². The average molecular weight is 373 g/mol. The first-order valence-electron chi connectivity index (χ1n) is 10.4. The summed E-state index contributed by atoms with van der Waals surface area (Å²) in [5.74, 6) is 1.11. The molecule has 5 nitrogen and oxygen atoms in total. The summed E-state index contributed by atoms with van der Waals surface area (Å²) in [7, 11) is 0. The van der Waals surface area contributed by atoms with Gasteiger partial charge in [-0.05, 0) is 43.7 Å². The van der Waals surface area contributed by atoms with Crippen molar-refractivity contribution in [1.29, 1.82) is 0 Å². The molecule has 1 heterocycles. The van der Waals surface area contributed by atoms with Gasteiger partial charge in [-0.15, -0.1) is 0 Å². The number of nitrogens with zero attached hydrogens (tertiary/aromatic N) is 1. The zero-order chi connectivity index (χ0) is 19.2. The zero-order valence-corrected chi connectivity index (χ0v) is 16.6. The van der Waals surface area contributed by atoms with Crippen LogP contribution in [0, 0.1) is 5.92 Å². The number of fused-ring (bicyclic) bond motifs is 1. The molecular weight excluding hydrogens is 340 g/mol. The van der Waals surface area contributed by atoms with Crippen LogP contribution in [-0.2, 0) is 16.0 Å². The standard InChI is InChI=1S/C22H32N2O3/c1-3-24(18-9-5-4-6-10-18)21(26)14-16(2)15-27-19-11-7-8-17-12-13-20(25)23-22(17)19/h7-8,11,16,18H,3-6,9-10,12-15H2,1-2H3,(H,23,25). The van der Waals surface area contributed by atoms with Crippen LogP contribution in [0.5, 0.6) is 5.75 Å². The normalized spacial score (nSPS) is 18.4. The Morgan fingerprint density at radius 2 is 2.04 bits per heavy atom. The summed E-state index contributed by atoms with van der Waals surface area (Å²) in [6, 6.07) is 6.29. The molecule has 1 N–H and O–H groups in total. The largest absolute Gasteiger partial charge is 0.491 e. The first-order valence-corrected chi connectivity index (χ1v) is 10.4. The highest BCUT2D eigenvalue weighted by Crippen LogP contribution is 2.33. The molecule has 1 aliphatic carbocycles. The van der Waals surface area contributed by atoms with Crippen molar-refractivity contribution in [2.45, 2.75) is 71.3 Å². The van der Waals surface area contributed by atoms with Crippen LogP contribution in [0.1, 0.15) is 64.4 Å². The van der Waals surface area contributed by atoms with Crippen LogP contribution < -0.4 is 10.1 Å². The Hall–Kier alpha value is -2.04. The minimum Gasteiger partial charge on any atom is -0.491 e. The molecule has 0 spiro atoms. The molecule has 5 heteroatoms. The van der Waals surface area contributed by atoms with Gasteiger partial charge in [0.15, 0.2) is 0 Å². The molecule has 1 aromatic rings. The third-order valence-corrected chi connectivity index (χ3v) is 5.72. The number of rotatable bonds is 7. The van der Waals surface area contributed by atoms with E-state index in [1.54, 1.807) is 0 Å². The fourth-order valence-corrected chi connectivity index (χ4v) is 4.23. The number of amides is 2. The van der Waals surface area contributed by atoms with E-state index < -0.39 is 0 Å². The molecule has 2 aliphatic rings. The van der Waals surface area contributed by atoms with E-state index >= 15 is 0 Å². The molecule has 148 valence electrons. The van der Waals surface area contributed by atoms with E-state index in [2.05, 4.69) is 24.1 Å². The maximum absolute atomic E-state index is 12.8. The summed E-state index contributed by atoms with van der Waals surface area (Å²) in [6.07, 6.45) is 7.82. The molecule has 27 heavy (non-hydrogen) atoms. The molecule has 1 aromatic carbocycles. The second-order valence-electron chi connectivity index (χ2n) is 7.93. The lowest BCUT2D eigenvalue weighted by molar-refractivity contribution is -0.135. The van der Waals surface area contributed by atoms with Crippen molar-refractivity contribution >= 4 is 17.5 Å². The minimum absolute atomic E-state index is 0.0350. The van der Waals surface area contributed by atoms with E-state index in [0.29, 0.717) is 31.2 Å². The lowest BCUT2D eigenvalue weighted by Gasteiger charge is -2.34. The molecule has 0 bridgehead atoms. The van der Waals surface area contributed by atoms with Gasteiger partial charge in [0.05, 0.1) is 12.3 Å². The summed E-state index contributed by atoms with van der Waals surface area (Å²) >= 11 is 0. The van der Waals surface area contributed by atoms with E-state index in [9.17, 15) is 9.59 Å². The number of benzene rings is 1. The van der Waals surface area contributed by atoms with Crippen molar-refractivity contribution in [2.75, 3.05) is 18.5 Å². The second-order valence-corrected chi connectivity index (χ2v) is 7.93. The fraction of sp³-hybridized carbons (Fsp3) is 0.636. The summed E-state index contributed by atoms with van der Waals surface area (Å²) in [4.78, 5) is 26.6. The van der Waals surface area contributed by atoms with Crippen molar-refractivity contribution in [3.8, 4) is 5.75 Å². The van der Waals surface area contributed by atoms with Gasteiger partial charge in [-0.2, -0.15) is 0 Å². The van der Waals surface area contributed by atoms with Crippen LogP contribution >= 0.6 is 0 Å². The number of hydrogen-bond acceptors (Lipinski definition) is 3. The van der Waals surface area contributed by atoms with Gasteiger partial charge < -0.3 is 15.0 Å². The highest BCUT2D eigenvalue weighted by atomic mass is 16.5. The highest BCUT2D eigenvalue weighted by molar-refractivity contribution is 5.95. The van der Waals surface area contributed by atoms with Gasteiger partial charge in [0.25, 0.3) is 0 Å². The maximum atomic E-state index is 12.8. The average Bonchev–Trinajstić information content (AvgIpc) is 2.67. The smallest absolute Gasteiger partial charge is 0.224 e. The van der Waals surface area contributed by atoms with Gasteiger partial charge in [-0.3, -0.25) is 9.59 Å². The number of nitrogens with one attached hydrogen (secondary N) is 1. The number of carbonyl (C=O) groups excluding carboxylic acids is 2. The molecule has 1 atom stereocenters. The fourth-order valence-electron chi connectivity index (χ4n) is 4.23. The van der Waals surface area contributed by atoms with Crippen LogP contribution in [0.3, 0.4) is 0 Å². The van der Waals surface area contributed by atoms with Crippen LogP contribution in [0.2, 0.25) is 0 Å². The number of ether oxygens (including phenoxy) is 1. The molecule has 1 saturated carbocycles. The summed E-state index contributed by atoms with van der Waals surface area (Å²) in [6.45, 7) is 5.39. The molecule has 1 aliphatic heterocycles. The molecule has 3 rings (SSSR count). The van der Waals surface area contributed by atoms with Gasteiger partial charge in [-0.1, -0.05) is 38.3 Å². The van der Waals surface area contributed by atoms with Crippen molar-refractivity contribution in [3.05, 3.63) is 23.8 Å². The predicted octanol–water partition coefficient (Wildman–Crippen LogP) is 4.16. The minimum atomic E-state index is 0.0350. The van der Waals surface area contributed by atoms with Crippen LogP contribution in [-0.4, -0.2) is 35.9 Å². The van der Waals surface area contributed by atoms with Gasteiger partial charge in [0.2, 0.25) is 11.8 Å². The van der Waals surface area contributed by atoms with Crippen molar-refractivity contribution < 1.29 is 14.3 Å². The van der Waals surface area contributed by atoms with Crippen molar-refractivity contribution in [1.82, 2.24) is 4.90 Å². The molecule has 1 unspecified atom stereocenters. The summed E-state index contributed by atoms with van der Waals surface area (Å²) in [5.41, 5.74) is 1.91. The Bertz CT molecular complexity index is 668. The monoisotopic (exact) mass is 372 g/mol. The quantitative estimate of drug-likeness (QED) is 0.782. The molecule has 0 saturated heterocycles. The van der Waals surface area contributed by atoms with E-state index in [4.69, 9.17) is 4.74 Å². The zero-order valence-electron chi connectivity index (χ0n) is 16.6. The number of para-hydroxylation sites is 1. The molecule has 2 amide bonds. The summed E-state index contributed by atoms with van der Waals surface area (Å²) in [5, 5.41) is 2.92. The third-order valence-electron chi connectivity index (χ3n) is 5.72. The third kappa shape index (κ3) is 5.02. The molecule has 0 radical (unpaired) electrons. The Morgan fingerprint density at radius 3 is 2.78 bits per heavy atom. The lowest BCUT2D eigenvalue weighted by atomic mass is 9.93. The highest BCUT2D eigenvalue weighted by Gasteiger charge is 2.25. The van der Waals surface area contributed by atoms with Crippen molar-refractivity contribution in [2.24, 2.45) is 5.92 Å². The number of aryl methyl sites for hydroxylation is 1. The second kappa shape index (κ2) is 9.25. The Balaban J connectivity index is 1.54. The lowest BCUT2D eigenvalue weighted by Crippen LogP contribution is -2.42. The van der Waals surface area contributed by atoms with Crippen LogP contribution in [0.25, 0.3) is 0 Å². The van der Waals surface area contributed by atoms with Crippen LogP contribution in [0.4, 0.5) is 5.69 Å². The number of anilines is 1. The number of hydrogen-bond donors (Lipinski definition) is 1. The SMILES string of the molecule is CCN(C(=O)CC(C)COc1cccc2c1NC(=O)CC2)C1CCCCC1. The van der Waals surface area contributed by atoms with E-state index in [1.807, 2.05) is 18.2 Å². The topological polar surface area (TPSA) is 58.6 Å². The Morgan fingerprint density at radius 1 is 1.26 bits per heavy atom. The number of carbonyl (C=O) groups is 2.